The number of carboxylic acids is 1. The average Bonchev–Trinajstić information content (AvgIpc) is 2.02. The maximum absolute atomic E-state index is 10.3. The number of carboxylic acid groups (broad SMARTS) is 1. The molecule has 0 unspecified atom stereocenters. The molecule has 1 aromatic carbocycles. The molecule has 0 saturated heterocycles. The smallest absolute Gasteiger partial charge is 0.322 e. The van der Waals surface area contributed by atoms with Crippen molar-refractivity contribution < 1.29 is 9.90 Å². The van der Waals surface area contributed by atoms with Crippen LogP contribution in [-0.4, -0.2) is 17.6 Å². The lowest BCUT2D eigenvalue weighted by Gasteiger charge is -2.05. The van der Waals surface area contributed by atoms with Crippen LogP contribution in [0.3, 0.4) is 0 Å². The Balaban J connectivity index is 2.72. The summed E-state index contributed by atoms with van der Waals surface area (Å²) in [5.74, 6) is -0.884. The molecule has 70 valence electrons. The summed E-state index contributed by atoms with van der Waals surface area (Å²) in [6.45, 7) is -0.0857. The zero-order valence-corrected chi connectivity index (χ0v) is 9.46. The quantitative estimate of drug-likeness (QED) is 0.843. The SMILES string of the molecule is O=C(O)CNc1ccc(Cl)cc1I. The van der Waals surface area contributed by atoms with Crippen molar-refractivity contribution in [3.8, 4) is 0 Å². The number of benzene rings is 1. The van der Waals surface area contributed by atoms with Crippen molar-refractivity contribution in [3.05, 3.63) is 26.8 Å². The van der Waals surface area contributed by atoms with E-state index >= 15 is 0 Å². The second-order valence-electron chi connectivity index (χ2n) is 2.37. The van der Waals surface area contributed by atoms with Crippen LogP contribution >= 0.6 is 34.2 Å². The first-order valence-corrected chi connectivity index (χ1v) is 4.96. The van der Waals surface area contributed by atoms with Crippen LogP contribution in [0.25, 0.3) is 0 Å². The van der Waals surface area contributed by atoms with Crippen molar-refractivity contribution in [3.63, 3.8) is 0 Å². The molecule has 0 heterocycles. The molecule has 0 aromatic heterocycles. The molecule has 1 rings (SSSR count). The van der Waals surface area contributed by atoms with Gasteiger partial charge in [0, 0.05) is 14.3 Å². The number of anilines is 1. The van der Waals surface area contributed by atoms with E-state index in [1.807, 2.05) is 0 Å². The molecule has 1 aromatic rings. The van der Waals surface area contributed by atoms with Crippen molar-refractivity contribution >= 4 is 45.8 Å². The topological polar surface area (TPSA) is 49.3 Å². The van der Waals surface area contributed by atoms with Gasteiger partial charge in [-0.05, 0) is 40.8 Å². The zero-order valence-electron chi connectivity index (χ0n) is 6.55. The fourth-order valence-corrected chi connectivity index (χ4v) is 1.87. The van der Waals surface area contributed by atoms with E-state index in [0.29, 0.717) is 5.02 Å². The number of hydrogen-bond donors (Lipinski definition) is 2. The highest BCUT2D eigenvalue weighted by molar-refractivity contribution is 14.1. The van der Waals surface area contributed by atoms with E-state index in [2.05, 4.69) is 27.9 Å². The molecule has 3 nitrogen and oxygen atoms in total. The van der Waals surface area contributed by atoms with Gasteiger partial charge in [-0.2, -0.15) is 0 Å². The molecule has 0 aliphatic carbocycles. The van der Waals surface area contributed by atoms with Crippen molar-refractivity contribution in [2.24, 2.45) is 0 Å². The minimum Gasteiger partial charge on any atom is -0.480 e. The van der Waals surface area contributed by atoms with Gasteiger partial charge in [-0.25, -0.2) is 0 Å². The maximum atomic E-state index is 10.3. The molecule has 0 aliphatic heterocycles. The van der Waals surface area contributed by atoms with Gasteiger partial charge in [0.1, 0.15) is 6.54 Å². The molecule has 0 aliphatic rings. The molecule has 0 saturated carbocycles. The fraction of sp³-hybridized carbons (Fsp3) is 0.125. The third-order valence-corrected chi connectivity index (χ3v) is 2.49. The number of hydrogen-bond acceptors (Lipinski definition) is 2. The summed E-state index contributed by atoms with van der Waals surface area (Å²) in [4.78, 5) is 10.3. The van der Waals surface area contributed by atoms with Gasteiger partial charge in [-0.15, -0.1) is 0 Å². The van der Waals surface area contributed by atoms with Crippen LogP contribution in [0.15, 0.2) is 18.2 Å². The number of carbonyl (C=O) groups is 1. The standard InChI is InChI=1S/C8H7ClINO2/c9-5-1-2-7(6(10)3-5)11-4-8(12)13/h1-3,11H,4H2,(H,12,13). The minimum atomic E-state index is -0.884. The van der Waals surface area contributed by atoms with Gasteiger partial charge in [-0.3, -0.25) is 4.79 Å². The summed E-state index contributed by atoms with van der Waals surface area (Å²) in [7, 11) is 0. The van der Waals surface area contributed by atoms with E-state index in [1.54, 1.807) is 18.2 Å². The molecular weight excluding hydrogens is 304 g/mol. The third kappa shape index (κ3) is 3.40. The number of aliphatic carboxylic acids is 1. The first-order chi connectivity index (χ1) is 6.09. The van der Waals surface area contributed by atoms with E-state index in [0.717, 1.165) is 9.26 Å². The molecule has 0 radical (unpaired) electrons. The Bertz CT molecular complexity index is 330. The lowest BCUT2D eigenvalue weighted by molar-refractivity contribution is -0.134. The van der Waals surface area contributed by atoms with Gasteiger partial charge >= 0.3 is 5.97 Å². The second kappa shape index (κ2) is 4.66. The van der Waals surface area contributed by atoms with Crippen LogP contribution in [0, 0.1) is 3.57 Å². The van der Waals surface area contributed by atoms with E-state index < -0.39 is 5.97 Å². The van der Waals surface area contributed by atoms with Gasteiger partial charge in [-0.1, -0.05) is 11.6 Å². The molecule has 0 fully saturated rings. The predicted molar refractivity (Wildman–Crippen MR) is 60.3 cm³/mol. The van der Waals surface area contributed by atoms with Crippen LogP contribution in [0.2, 0.25) is 5.02 Å². The summed E-state index contributed by atoms with van der Waals surface area (Å²) in [6.07, 6.45) is 0. The van der Waals surface area contributed by atoms with Crippen LogP contribution in [-0.2, 0) is 4.79 Å². The zero-order chi connectivity index (χ0) is 9.84. The van der Waals surface area contributed by atoms with Gasteiger partial charge in [0.2, 0.25) is 0 Å². The lowest BCUT2D eigenvalue weighted by Crippen LogP contribution is -2.12. The fourth-order valence-electron chi connectivity index (χ4n) is 0.804. The summed E-state index contributed by atoms with van der Waals surface area (Å²) >= 11 is 7.82. The first kappa shape index (κ1) is 10.6. The Labute approximate surface area is 94.2 Å². The number of rotatable bonds is 3. The Morgan fingerprint density at radius 2 is 2.31 bits per heavy atom. The Morgan fingerprint density at radius 1 is 1.62 bits per heavy atom. The van der Waals surface area contributed by atoms with Gasteiger partial charge in [0.15, 0.2) is 0 Å². The minimum absolute atomic E-state index is 0.0857. The van der Waals surface area contributed by atoms with E-state index in [9.17, 15) is 4.79 Å². The Hall–Kier alpha value is -0.490. The number of nitrogens with one attached hydrogen (secondary N) is 1. The first-order valence-electron chi connectivity index (χ1n) is 3.50. The van der Waals surface area contributed by atoms with E-state index in [-0.39, 0.29) is 6.54 Å². The third-order valence-electron chi connectivity index (χ3n) is 1.36. The van der Waals surface area contributed by atoms with Crippen molar-refractivity contribution in [1.82, 2.24) is 0 Å². The second-order valence-corrected chi connectivity index (χ2v) is 3.97. The maximum Gasteiger partial charge on any atom is 0.322 e. The molecule has 0 bridgehead atoms. The molecular formula is C8H7ClINO2. The van der Waals surface area contributed by atoms with Crippen molar-refractivity contribution in [2.75, 3.05) is 11.9 Å². The Kier molecular flexibility index (Phi) is 3.80. The van der Waals surface area contributed by atoms with Crippen LogP contribution in [0.4, 0.5) is 5.69 Å². The average molecular weight is 312 g/mol. The molecule has 0 atom stereocenters. The molecule has 5 heteroatoms. The largest absolute Gasteiger partial charge is 0.480 e. The van der Waals surface area contributed by atoms with Crippen molar-refractivity contribution in [1.29, 1.82) is 0 Å². The van der Waals surface area contributed by atoms with Gasteiger partial charge < -0.3 is 10.4 Å². The van der Waals surface area contributed by atoms with E-state index in [1.165, 1.54) is 0 Å². The summed E-state index contributed by atoms with van der Waals surface area (Å²) in [5.41, 5.74) is 0.785. The highest BCUT2D eigenvalue weighted by Gasteiger charge is 2.01. The summed E-state index contributed by atoms with van der Waals surface area (Å²) in [6, 6.07) is 5.24. The van der Waals surface area contributed by atoms with Gasteiger partial charge in [0.05, 0.1) is 0 Å². The van der Waals surface area contributed by atoms with E-state index in [4.69, 9.17) is 16.7 Å². The monoisotopic (exact) mass is 311 g/mol. The molecule has 13 heavy (non-hydrogen) atoms. The lowest BCUT2D eigenvalue weighted by atomic mass is 10.3. The van der Waals surface area contributed by atoms with Crippen molar-refractivity contribution in [2.45, 2.75) is 0 Å². The molecule has 2 N–H and O–H groups in total. The summed E-state index contributed by atoms with van der Waals surface area (Å²) in [5, 5.41) is 11.8. The highest BCUT2D eigenvalue weighted by Crippen LogP contribution is 2.21. The Morgan fingerprint density at radius 3 is 2.85 bits per heavy atom. The number of halogens is 2. The normalized spacial score (nSPS) is 9.69. The van der Waals surface area contributed by atoms with Crippen LogP contribution in [0.5, 0.6) is 0 Å². The van der Waals surface area contributed by atoms with Crippen LogP contribution in [0.1, 0.15) is 0 Å². The molecule has 0 amide bonds. The van der Waals surface area contributed by atoms with Crippen LogP contribution < -0.4 is 5.32 Å². The predicted octanol–water partition coefficient (Wildman–Crippen LogP) is 2.44. The summed E-state index contributed by atoms with van der Waals surface area (Å²) < 4.78 is 0.909. The highest BCUT2D eigenvalue weighted by atomic mass is 127. The van der Waals surface area contributed by atoms with Gasteiger partial charge in [0.25, 0.3) is 0 Å². The molecule has 0 spiro atoms.